The van der Waals surface area contributed by atoms with Gasteiger partial charge in [0, 0.05) is 5.56 Å². The molecule has 0 fully saturated rings. The number of aliphatic hydroxyl groups excluding tert-OH is 1. The molecule has 0 aliphatic carbocycles. The van der Waals surface area contributed by atoms with Crippen LogP contribution in [0.4, 0.5) is 0 Å². The minimum Gasteiger partial charge on any atom is -0.465 e. The lowest BCUT2D eigenvalue weighted by Crippen LogP contribution is -2.04. The molecule has 1 rings (SSSR count). The number of hydrogen-bond acceptors (Lipinski definition) is 4. The van der Waals surface area contributed by atoms with Crippen molar-refractivity contribution in [2.45, 2.75) is 19.3 Å². The van der Waals surface area contributed by atoms with E-state index in [2.05, 4.69) is 22.6 Å². The molecule has 0 aliphatic rings. The molecule has 1 unspecified atom stereocenters. The average molecular weight is 257 g/mol. The minimum absolute atomic E-state index is 0.257. The van der Waals surface area contributed by atoms with Crippen molar-refractivity contribution in [2.75, 3.05) is 13.7 Å². The van der Waals surface area contributed by atoms with Crippen molar-refractivity contribution < 1.29 is 14.6 Å². The molecule has 4 heteroatoms. The third-order valence-corrected chi connectivity index (χ3v) is 2.65. The number of esters is 1. The van der Waals surface area contributed by atoms with Gasteiger partial charge in [0.05, 0.1) is 24.7 Å². The fraction of sp³-hybridized carbons (Fsp3) is 0.333. The summed E-state index contributed by atoms with van der Waals surface area (Å²) in [6.45, 7) is 1.64. The normalized spacial score (nSPS) is 10.8. The Morgan fingerprint density at radius 1 is 1.47 bits per heavy atom. The highest BCUT2D eigenvalue weighted by Crippen LogP contribution is 2.22. The first-order valence-corrected chi connectivity index (χ1v) is 5.88. The number of aliphatic hydroxyl groups is 1. The summed E-state index contributed by atoms with van der Waals surface area (Å²) in [6.07, 6.45) is 0.647. The highest BCUT2D eigenvalue weighted by atomic mass is 16.5. The van der Waals surface area contributed by atoms with Gasteiger partial charge in [-0.1, -0.05) is 18.8 Å². The third-order valence-electron chi connectivity index (χ3n) is 2.65. The van der Waals surface area contributed by atoms with Crippen LogP contribution in [0.1, 0.15) is 40.7 Å². The van der Waals surface area contributed by atoms with E-state index in [4.69, 9.17) is 10.4 Å². The van der Waals surface area contributed by atoms with Crippen LogP contribution in [0, 0.1) is 23.2 Å². The fourth-order valence-electron chi connectivity index (χ4n) is 1.70. The van der Waals surface area contributed by atoms with Gasteiger partial charge in [-0.15, -0.1) is 0 Å². The second kappa shape index (κ2) is 7.20. The van der Waals surface area contributed by atoms with Crippen molar-refractivity contribution in [1.82, 2.24) is 0 Å². The van der Waals surface area contributed by atoms with Crippen molar-refractivity contribution in [1.29, 1.82) is 5.26 Å². The molecular weight excluding hydrogens is 242 g/mol. The highest BCUT2D eigenvalue weighted by Gasteiger charge is 2.13. The van der Waals surface area contributed by atoms with E-state index < -0.39 is 5.97 Å². The molecular formula is C15H15NO3. The summed E-state index contributed by atoms with van der Waals surface area (Å²) in [5.74, 6) is 4.50. The first-order chi connectivity index (χ1) is 9.15. The van der Waals surface area contributed by atoms with E-state index in [9.17, 15) is 4.79 Å². The van der Waals surface area contributed by atoms with E-state index in [1.54, 1.807) is 18.2 Å². The largest absolute Gasteiger partial charge is 0.465 e. The van der Waals surface area contributed by atoms with Gasteiger partial charge in [-0.2, -0.15) is 5.26 Å². The SMILES string of the molecule is CCC(C#N)c1cc(C#CCO)cc(C(=O)OC)c1. The van der Waals surface area contributed by atoms with E-state index >= 15 is 0 Å². The predicted octanol–water partition coefficient (Wildman–Crippen LogP) is 1.83. The molecule has 1 N–H and O–H groups in total. The maximum atomic E-state index is 11.6. The molecule has 0 bridgehead atoms. The molecule has 0 spiro atoms. The van der Waals surface area contributed by atoms with Gasteiger partial charge in [0.25, 0.3) is 0 Å². The van der Waals surface area contributed by atoms with Crippen LogP contribution in [0.15, 0.2) is 18.2 Å². The van der Waals surface area contributed by atoms with Gasteiger partial charge in [-0.05, 0) is 30.2 Å². The summed E-state index contributed by atoms with van der Waals surface area (Å²) < 4.78 is 4.68. The number of benzene rings is 1. The molecule has 0 saturated carbocycles. The summed E-state index contributed by atoms with van der Waals surface area (Å²) in [7, 11) is 1.30. The Kier molecular flexibility index (Phi) is 5.60. The summed E-state index contributed by atoms with van der Waals surface area (Å²) in [4.78, 5) is 11.6. The molecule has 4 nitrogen and oxygen atoms in total. The number of carbonyl (C=O) groups is 1. The molecule has 19 heavy (non-hydrogen) atoms. The smallest absolute Gasteiger partial charge is 0.337 e. The Bertz CT molecular complexity index is 561. The summed E-state index contributed by atoms with van der Waals surface area (Å²) in [5.41, 5.74) is 1.67. The Hall–Kier alpha value is -2.30. The Labute approximate surface area is 112 Å². The van der Waals surface area contributed by atoms with Crippen LogP contribution in [-0.2, 0) is 4.74 Å². The summed E-state index contributed by atoms with van der Waals surface area (Å²) in [5, 5.41) is 17.8. The zero-order chi connectivity index (χ0) is 14.3. The van der Waals surface area contributed by atoms with Crippen LogP contribution in [0.3, 0.4) is 0 Å². The van der Waals surface area contributed by atoms with Gasteiger partial charge in [-0.25, -0.2) is 4.79 Å². The molecule has 0 aromatic heterocycles. The van der Waals surface area contributed by atoms with Crippen molar-refractivity contribution in [3.8, 4) is 17.9 Å². The van der Waals surface area contributed by atoms with Crippen LogP contribution in [0.2, 0.25) is 0 Å². The first-order valence-electron chi connectivity index (χ1n) is 5.88. The molecule has 0 amide bonds. The van der Waals surface area contributed by atoms with Gasteiger partial charge < -0.3 is 9.84 Å². The number of hydrogen-bond donors (Lipinski definition) is 1. The first kappa shape index (κ1) is 14.8. The molecule has 0 saturated heterocycles. The molecule has 0 aliphatic heterocycles. The van der Waals surface area contributed by atoms with Crippen LogP contribution in [0.5, 0.6) is 0 Å². The third kappa shape index (κ3) is 3.84. The Morgan fingerprint density at radius 3 is 2.74 bits per heavy atom. The maximum absolute atomic E-state index is 11.6. The lowest BCUT2D eigenvalue weighted by molar-refractivity contribution is 0.0600. The standard InChI is InChI=1S/C15H15NO3/c1-3-12(10-16)13-7-11(5-4-6-17)8-14(9-13)15(18)19-2/h7-9,12,17H,3,6H2,1-2H3. The molecule has 1 aromatic carbocycles. The minimum atomic E-state index is -0.471. The number of ether oxygens (including phenoxy) is 1. The second-order valence-corrected chi connectivity index (χ2v) is 3.89. The van der Waals surface area contributed by atoms with Crippen molar-refractivity contribution >= 4 is 5.97 Å². The van der Waals surface area contributed by atoms with E-state index in [-0.39, 0.29) is 12.5 Å². The average Bonchev–Trinajstić information content (AvgIpc) is 2.45. The number of nitriles is 1. The summed E-state index contributed by atoms with van der Waals surface area (Å²) in [6, 6.07) is 7.17. The zero-order valence-corrected chi connectivity index (χ0v) is 10.9. The Balaban J connectivity index is 3.31. The Morgan fingerprint density at radius 2 is 2.21 bits per heavy atom. The lowest BCUT2D eigenvalue weighted by Gasteiger charge is -2.09. The van der Waals surface area contributed by atoms with Crippen LogP contribution in [-0.4, -0.2) is 24.8 Å². The maximum Gasteiger partial charge on any atom is 0.337 e. The number of methoxy groups -OCH3 is 1. The van der Waals surface area contributed by atoms with Crippen molar-refractivity contribution in [3.63, 3.8) is 0 Å². The van der Waals surface area contributed by atoms with Crippen molar-refractivity contribution in [3.05, 3.63) is 34.9 Å². The highest BCUT2D eigenvalue weighted by molar-refractivity contribution is 5.90. The van der Waals surface area contributed by atoms with Crippen LogP contribution >= 0.6 is 0 Å². The lowest BCUT2D eigenvalue weighted by atomic mass is 9.94. The summed E-state index contributed by atoms with van der Waals surface area (Å²) >= 11 is 0. The van der Waals surface area contributed by atoms with E-state index in [0.29, 0.717) is 17.5 Å². The van der Waals surface area contributed by atoms with E-state index in [1.807, 2.05) is 6.92 Å². The van der Waals surface area contributed by atoms with Gasteiger partial charge in [0.1, 0.15) is 6.61 Å². The van der Waals surface area contributed by atoms with Gasteiger partial charge in [0.15, 0.2) is 0 Å². The second-order valence-electron chi connectivity index (χ2n) is 3.89. The monoisotopic (exact) mass is 257 g/mol. The number of rotatable bonds is 3. The molecule has 98 valence electrons. The van der Waals surface area contributed by atoms with Gasteiger partial charge >= 0.3 is 5.97 Å². The number of nitrogens with zero attached hydrogens (tertiary/aromatic N) is 1. The topological polar surface area (TPSA) is 70.3 Å². The van der Waals surface area contributed by atoms with E-state index in [0.717, 1.165) is 5.56 Å². The van der Waals surface area contributed by atoms with Crippen molar-refractivity contribution in [2.24, 2.45) is 0 Å². The predicted molar refractivity (Wildman–Crippen MR) is 70.4 cm³/mol. The van der Waals surface area contributed by atoms with E-state index in [1.165, 1.54) is 7.11 Å². The zero-order valence-electron chi connectivity index (χ0n) is 10.9. The van der Waals surface area contributed by atoms with Gasteiger partial charge in [-0.3, -0.25) is 0 Å². The quantitative estimate of drug-likeness (QED) is 0.662. The molecule has 1 aromatic rings. The van der Waals surface area contributed by atoms with Gasteiger partial charge in [0.2, 0.25) is 0 Å². The molecule has 1 atom stereocenters. The van der Waals surface area contributed by atoms with Crippen LogP contribution in [0.25, 0.3) is 0 Å². The molecule has 0 heterocycles. The number of carbonyl (C=O) groups excluding carboxylic acids is 1. The fourth-order valence-corrected chi connectivity index (χ4v) is 1.70. The molecule has 0 radical (unpaired) electrons. The van der Waals surface area contributed by atoms with Crippen LogP contribution < -0.4 is 0 Å².